The molecule has 6 nitrogen and oxygen atoms in total. The first-order chi connectivity index (χ1) is 9.22. The molecule has 3 rings (SSSR count). The molecule has 0 saturated heterocycles. The zero-order valence-corrected chi connectivity index (χ0v) is 10.0. The van der Waals surface area contributed by atoms with Gasteiger partial charge in [0, 0.05) is 6.42 Å². The summed E-state index contributed by atoms with van der Waals surface area (Å²) in [7, 11) is 0. The zero-order valence-electron chi connectivity index (χ0n) is 10.0. The molecule has 1 atom stereocenters. The van der Waals surface area contributed by atoms with Crippen molar-refractivity contribution < 1.29 is 9.47 Å². The Kier molecular flexibility index (Phi) is 2.83. The van der Waals surface area contributed by atoms with Gasteiger partial charge in [0.15, 0.2) is 0 Å². The van der Waals surface area contributed by atoms with Gasteiger partial charge in [-0.2, -0.15) is 0 Å². The first kappa shape index (κ1) is 11.6. The lowest BCUT2D eigenvalue weighted by atomic mass is 10.2. The van der Waals surface area contributed by atoms with E-state index in [-0.39, 0.29) is 12.0 Å². The molecule has 1 aliphatic rings. The minimum atomic E-state index is -0.562. The standard InChI is InChI=1S/C13H12N2O4/c16-11-10-6-9(19-12(10)15-13(17)14-11)7-18-8-4-2-1-3-5-8/h1-5,9H,6-7H2,(H2,14,15,16,17)/t9-/m0/s1. The van der Waals surface area contributed by atoms with Gasteiger partial charge in [-0.25, -0.2) is 4.79 Å². The first-order valence-electron chi connectivity index (χ1n) is 5.92. The van der Waals surface area contributed by atoms with Crippen molar-refractivity contribution in [3.05, 3.63) is 56.7 Å². The van der Waals surface area contributed by atoms with Crippen LogP contribution in [0.25, 0.3) is 0 Å². The first-order valence-corrected chi connectivity index (χ1v) is 5.92. The van der Waals surface area contributed by atoms with Gasteiger partial charge in [0.2, 0.25) is 5.88 Å². The number of aromatic nitrogens is 2. The SMILES string of the molecule is O=c1[nH]c2c(c(=O)[nH]1)C[C@@H](COc1ccccc1)O2. The number of hydrogen-bond donors (Lipinski definition) is 2. The highest BCUT2D eigenvalue weighted by Crippen LogP contribution is 2.22. The van der Waals surface area contributed by atoms with E-state index in [1.165, 1.54) is 0 Å². The molecule has 0 amide bonds. The van der Waals surface area contributed by atoms with Crippen molar-refractivity contribution in [2.75, 3.05) is 6.61 Å². The van der Waals surface area contributed by atoms with E-state index in [0.29, 0.717) is 18.6 Å². The summed E-state index contributed by atoms with van der Waals surface area (Å²) in [5.41, 5.74) is -0.504. The summed E-state index contributed by atoms with van der Waals surface area (Å²) < 4.78 is 11.1. The molecule has 1 aliphatic heterocycles. The van der Waals surface area contributed by atoms with Crippen LogP contribution in [0, 0.1) is 0 Å². The summed E-state index contributed by atoms with van der Waals surface area (Å²) in [6.45, 7) is 0.320. The molecule has 98 valence electrons. The number of nitrogens with one attached hydrogen (secondary N) is 2. The van der Waals surface area contributed by atoms with Gasteiger partial charge < -0.3 is 9.47 Å². The molecule has 6 heteroatoms. The Bertz CT molecular complexity index is 690. The van der Waals surface area contributed by atoms with Crippen molar-refractivity contribution in [1.82, 2.24) is 9.97 Å². The Hall–Kier alpha value is -2.50. The largest absolute Gasteiger partial charge is 0.490 e. The summed E-state index contributed by atoms with van der Waals surface area (Å²) in [4.78, 5) is 27.3. The second-order valence-corrected chi connectivity index (χ2v) is 4.28. The van der Waals surface area contributed by atoms with Gasteiger partial charge in [0.25, 0.3) is 5.56 Å². The van der Waals surface area contributed by atoms with Crippen molar-refractivity contribution >= 4 is 0 Å². The average Bonchev–Trinajstić information content (AvgIpc) is 2.81. The van der Waals surface area contributed by atoms with Gasteiger partial charge in [0.1, 0.15) is 18.5 Å². The second kappa shape index (κ2) is 4.64. The predicted molar refractivity (Wildman–Crippen MR) is 67.7 cm³/mol. The maximum atomic E-state index is 11.6. The maximum absolute atomic E-state index is 11.6. The van der Waals surface area contributed by atoms with Crippen molar-refractivity contribution in [3.8, 4) is 11.6 Å². The lowest BCUT2D eigenvalue weighted by Crippen LogP contribution is -2.24. The molecule has 0 spiro atoms. The lowest BCUT2D eigenvalue weighted by Gasteiger charge is -2.11. The van der Waals surface area contributed by atoms with E-state index in [1.54, 1.807) is 0 Å². The summed E-state index contributed by atoms with van der Waals surface area (Å²) in [5, 5.41) is 0. The van der Waals surface area contributed by atoms with Crippen molar-refractivity contribution in [2.24, 2.45) is 0 Å². The number of para-hydroxylation sites is 1. The topological polar surface area (TPSA) is 84.2 Å². The van der Waals surface area contributed by atoms with Crippen LogP contribution < -0.4 is 20.7 Å². The highest BCUT2D eigenvalue weighted by atomic mass is 16.5. The summed E-state index contributed by atoms with van der Waals surface area (Å²) >= 11 is 0. The molecule has 0 fully saturated rings. The van der Waals surface area contributed by atoms with Crippen LogP contribution in [-0.2, 0) is 6.42 Å². The Morgan fingerprint density at radius 2 is 2.00 bits per heavy atom. The molecule has 0 radical (unpaired) electrons. The summed E-state index contributed by atoms with van der Waals surface area (Å²) in [6, 6.07) is 9.34. The van der Waals surface area contributed by atoms with Crippen molar-refractivity contribution in [2.45, 2.75) is 12.5 Å². The lowest BCUT2D eigenvalue weighted by molar-refractivity contribution is 0.144. The maximum Gasteiger partial charge on any atom is 0.328 e. The van der Waals surface area contributed by atoms with Crippen LogP contribution in [0.4, 0.5) is 0 Å². The second-order valence-electron chi connectivity index (χ2n) is 4.28. The van der Waals surface area contributed by atoms with Crippen LogP contribution in [-0.4, -0.2) is 22.7 Å². The van der Waals surface area contributed by atoms with Crippen LogP contribution in [0.5, 0.6) is 11.6 Å². The van der Waals surface area contributed by atoms with Gasteiger partial charge in [0.05, 0.1) is 5.56 Å². The van der Waals surface area contributed by atoms with Gasteiger partial charge >= 0.3 is 5.69 Å². The number of H-pyrrole nitrogens is 2. The monoisotopic (exact) mass is 260 g/mol. The summed E-state index contributed by atoms with van der Waals surface area (Å²) in [5.74, 6) is 0.986. The van der Waals surface area contributed by atoms with E-state index in [9.17, 15) is 9.59 Å². The number of benzene rings is 1. The van der Waals surface area contributed by atoms with Crippen LogP contribution >= 0.6 is 0 Å². The van der Waals surface area contributed by atoms with Crippen LogP contribution in [0.1, 0.15) is 5.56 Å². The highest BCUT2D eigenvalue weighted by Gasteiger charge is 2.27. The Labute approximate surface area is 108 Å². The van der Waals surface area contributed by atoms with Crippen molar-refractivity contribution in [3.63, 3.8) is 0 Å². The molecule has 0 unspecified atom stereocenters. The minimum absolute atomic E-state index is 0.246. The van der Waals surface area contributed by atoms with E-state index in [2.05, 4.69) is 9.97 Å². The minimum Gasteiger partial charge on any atom is -0.490 e. The zero-order chi connectivity index (χ0) is 13.2. The number of fused-ring (bicyclic) bond motifs is 1. The molecule has 1 aromatic carbocycles. The van der Waals surface area contributed by atoms with E-state index in [1.807, 2.05) is 30.3 Å². The Morgan fingerprint density at radius 1 is 1.21 bits per heavy atom. The smallest absolute Gasteiger partial charge is 0.328 e. The molecule has 0 bridgehead atoms. The molecule has 2 aromatic rings. The van der Waals surface area contributed by atoms with Crippen LogP contribution in [0.3, 0.4) is 0 Å². The number of hydrogen-bond acceptors (Lipinski definition) is 4. The third-order valence-corrected chi connectivity index (χ3v) is 2.90. The van der Waals surface area contributed by atoms with E-state index in [4.69, 9.17) is 9.47 Å². The predicted octanol–water partition coefficient (Wildman–Crippen LogP) is 0.446. The number of rotatable bonds is 3. The third-order valence-electron chi connectivity index (χ3n) is 2.90. The molecule has 19 heavy (non-hydrogen) atoms. The molecule has 1 aromatic heterocycles. The fraction of sp³-hybridized carbons (Fsp3) is 0.231. The van der Waals surface area contributed by atoms with Gasteiger partial charge in [-0.15, -0.1) is 0 Å². The van der Waals surface area contributed by atoms with Crippen molar-refractivity contribution in [1.29, 1.82) is 0 Å². The normalized spacial score (nSPS) is 16.7. The van der Waals surface area contributed by atoms with Gasteiger partial charge in [-0.05, 0) is 12.1 Å². The van der Waals surface area contributed by atoms with E-state index < -0.39 is 11.2 Å². The third kappa shape index (κ3) is 2.37. The molecule has 0 saturated carbocycles. The van der Waals surface area contributed by atoms with Crippen LogP contribution in [0.2, 0.25) is 0 Å². The van der Waals surface area contributed by atoms with Crippen LogP contribution in [0.15, 0.2) is 39.9 Å². The Morgan fingerprint density at radius 3 is 2.79 bits per heavy atom. The quantitative estimate of drug-likeness (QED) is 0.839. The highest BCUT2D eigenvalue weighted by molar-refractivity contribution is 5.28. The summed E-state index contributed by atoms with van der Waals surface area (Å²) in [6.07, 6.45) is 0.156. The van der Waals surface area contributed by atoms with Gasteiger partial charge in [-0.1, -0.05) is 18.2 Å². The van der Waals surface area contributed by atoms with Gasteiger partial charge in [-0.3, -0.25) is 14.8 Å². The molecule has 2 N–H and O–H groups in total. The Balaban J connectivity index is 1.69. The average molecular weight is 260 g/mol. The van der Waals surface area contributed by atoms with E-state index in [0.717, 1.165) is 5.75 Å². The molecular weight excluding hydrogens is 248 g/mol. The molecule has 0 aliphatic carbocycles. The molecule has 2 heterocycles. The fourth-order valence-corrected chi connectivity index (χ4v) is 2.01. The molecular formula is C13H12N2O4. The number of ether oxygens (including phenoxy) is 2. The fourth-order valence-electron chi connectivity index (χ4n) is 2.01. The van der Waals surface area contributed by atoms with E-state index >= 15 is 0 Å². The number of aromatic amines is 2.